The van der Waals surface area contributed by atoms with E-state index in [0.717, 1.165) is 18.5 Å². The zero-order valence-corrected chi connectivity index (χ0v) is 10.0. The molecule has 16 heavy (non-hydrogen) atoms. The Morgan fingerprint density at radius 2 is 2.25 bits per heavy atom. The predicted molar refractivity (Wildman–Crippen MR) is 62.7 cm³/mol. The maximum atomic E-state index is 9.56. The molecule has 1 aromatic rings. The number of aliphatic hydroxyl groups excluding tert-OH is 1. The maximum absolute atomic E-state index is 9.56. The molecule has 0 aromatic carbocycles. The molecule has 0 aliphatic carbocycles. The van der Waals surface area contributed by atoms with Crippen molar-refractivity contribution >= 4 is 5.95 Å². The number of hydrogen-bond acceptors (Lipinski definition) is 5. The van der Waals surface area contributed by atoms with E-state index >= 15 is 0 Å². The van der Waals surface area contributed by atoms with Crippen LogP contribution in [0.2, 0.25) is 0 Å². The molecule has 0 saturated heterocycles. The van der Waals surface area contributed by atoms with Gasteiger partial charge in [-0.3, -0.25) is 0 Å². The highest BCUT2D eigenvalue weighted by molar-refractivity contribution is 5.30. The number of aromatic nitrogens is 2. The van der Waals surface area contributed by atoms with E-state index in [1.807, 2.05) is 13.8 Å². The number of aliphatic hydroxyl groups is 1. The van der Waals surface area contributed by atoms with Crippen molar-refractivity contribution in [3.63, 3.8) is 0 Å². The van der Waals surface area contributed by atoms with Crippen molar-refractivity contribution in [3.05, 3.63) is 11.8 Å². The number of anilines is 1. The van der Waals surface area contributed by atoms with Gasteiger partial charge in [0.2, 0.25) is 11.8 Å². The molecule has 5 nitrogen and oxygen atoms in total. The first-order chi connectivity index (χ1) is 7.65. The number of methoxy groups -OCH3 is 1. The Balaban J connectivity index is 2.56. The lowest BCUT2D eigenvalue weighted by Gasteiger charge is -2.11. The minimum absolute atomic E-state index is 0.361. The Morgan fingerprint density at radius 1 is 1.50 bits per heavy atom. The topological polar surface area (TPSA) is 67.3 Å². The van der Waals surface area contributed by atoms with Gasteiger partial charge in [0.1, 0.15) is 0 Å². The molecule has 2 N–H and O–H groups in total. The van der Waals surface area contributed by atoms with Gasteiger partial charge in [0.15, 0.2) is 0 Å². The van der Waals surface area contributed by atoms with Gasteiger partial charge in [-0.2, -0.15) is 4.98 Å². The second-order valence-electron chi connectivity index (χ2n) is 3.70. The summed E-state index contributed by atoms with van der Waals surface area (Å²) < 4.78 is 5.04. The molecule has 5 heteroatoms. The lowest BCUT2D eigenvalue weighted by Crippen LogP contribution is -2.20. The van der Waals surface area contributed by atoms with Crippen LogP contribution in [0.25, 0.3) is 0 Å². The summed E-state index contributed by atoms with van der Waals surface area (Å²) in [5.41, 5.74) is 0.833. The number of nitrogens with one attached hydrogen (secondary N) is 1. The van der Waals surface area contributed by atoms with Crippen LogP contribution in [0.15, 0.2) is 6.07 Å². The van der Waals surface area contributed by atoms with E-state index in [9.17, 15) is 5.11 Å². The molecule has 90 valence electrons. The van der Waals surface area contributed by atoms with Crippen molar-refractivity contribution in [2.45, 2.75) is 32.8 Å². The molecule has 1 atom stereocenters. The molecule has 1 rings (SSSR count). The quantitative estimate of drug-likeness (QED) is 0.765. The summed E-state index contributed by atoms with van der Waals surface area (Å²) in [6.07, 6.45) is 1.37. The van der Waals surface area contributed by atoms with E-state index in [1.54, 1.807) is 13.2 Å². The number of hydrogen-bond donors (Lipinski definition) is 2. The van der Waals surface area contributed by atoms with Gasteiger partial charge in [-0.25, -0.2) is 4.98 Å². The first-order valence-corrected chi connectivity index (χ1v) is 5.47. The summed E-state index contributed by atoms with van der Waals surface area (Å²) >= 11 is 0. The number of ether oxygens (including phenoxy) is 1. The summed E-state index contributed by atoms with van der Waals surface area (Å²) in [4.78, 5) is 8.33. The highest BCUT2D eigenvalue weighted by Gasteiger charge is 2.05. The second kappa shape index (κ2) is 6.27. The molecule has 0 spiro atoms. The van der Waals surface area contributed by atoms with Crippen LogP contribution in [-0.4, -0.2) is 34.8 Å². The van der Waals surface area contributed by atoms with Crippen molar-refractivity contribution in [1.29, 1.82) is 0 Å². The van der Waals surface area contributed by atoms with Crippen LogP contribution in [0, 0.1) is 6.92 Å². The van der Waals surface area contributed by atoms with E-state index in [1.165, 1.54) is 0 Å². The fraction of sp³-hybridized carbons (Fsp3) is 0.636. The minimum Gasteiger partial charge on any atom is -0.481 e. The fourth-order valence-electron chi connectivity index (χ4n) is 1.37. The summed E-state index contributed by atoms with van der Waals surface area (Å²) in [5.74, 6) is 1.02. The second-order valence-corrected chi connectivity index (χ2v) is 3.70. The normalized spacial score (nSPS) is 12.2. The summed E-state index contributed by atoms with van der Waals surface area (Å²) in [7, 11) is 1.57. The first kappa shape index (κ1) is 12.7. The van der Waals surface area contributed by atoms with Crippen LogP contribution in [0.5, 0.6) is 5.88 Å². The zero-order valence-electron chi connectivity index (χ0n) is 10.0. The van der Waals surface area contributed by atoms with Gasteiger partial charge in [0.05, 0.1) is 13.2 Å². The Kier molecular flexibility index (Phi) is 4.98. The molecule has 0 aliphatic rings. The van der Waals surface area contributed by atoms with Gasteiger partial charge >= 0.3 is 0 Å². The highest BCUT2D eigenvalue weighted by Crippen LogP contribution is 2.11. The molecule has 0 bridgehead atoms. The van der Waals surface area contributed by atoms with Gasteiger partial charge < -0.3 is 15.2 Å². The van der Waals surface area contributed by atoms with E-state index in [-0.39, 0.29) is 6.10 Å². The van der Waals surface area contributed by atoms with Crippen molar-refractivity contribution in [3.8, 4) is 5.88 Å². The average Bonchev–Trinajstić information content (AvgIpc) is 2.26. The summed E-state index contributed by atoms with van der Waals surface area (Å²) in [6.45, 7) is 4.37. The van der Waals surface area contributed by atoms with Gasteiger partial charge in [0, 0.05) is 18.3 Å². The van der Waals surface area contributed by atoms with E-state index in [2.05, 4.69) is 15.3 Å². The zero-order chi connectivity index (χ0) is 12.0. The van der Waals surface area contributed by atoms with Crippen LogP contribution in [0.1, 0.15) is 25.5 Å². The molecule has 1 unspecified atom stereocenters. The molecule has 0 aliphatic heterocycles. The molecular formula is C11H19N3O2. The van der Waals surface area contributed by atoms with Crippen molar-refractivity contribution < 1.29 is 9.84 Å². The number of nitrogens with zero attached hydrogens (tertiary/aromatic N) is 2. The van der Waals surface area contributed by atoms with Crippen LogP contribution < -0.4 is 10.1 Å². The monoisotopic (exact) mass is 225 g/mol. The molecule has 0 radical (unpaired) electrons. The molecule has 1 heterocycles. The van der Waals surface area contributed by atoms with Crippen LogP contribution in [0.4, 0.5) is 5.95 Å². The Morgan fingerprint density at radius 3 is 2.88 bits per heavy atom. The Bertz CT molecular complexity index is 331. The SMILES string of the molecule is CCCC(O)CNc1nc(C)cc(OC)n1. The van der Waals surface area contributed by atoms with Gasteiger partial charge in [-0.15, -0.1) is 0 Å². The van der Waals surface area contributed by atoms with Gasteiger partial charge in [-0.1, -0.05) is 13.3 Å². The standard InChI is InChI=1S/C11H19N3O2/c1-4-5-9(15)7-12-11-13-8(2)6-10(14-11)16-3/h6,9,15H,4-5,7H2,1-3H3,(H,12,13,14). The predicted octanol–water partition coefficient (Wildman–Crippen LogP) is 1.37. The third kappa shape index (κ3) is 4.02. The van der Waals surface area contributed by atoms with Crippen molar-refractivity contribution in [2.75, 3.05) is 19.0 Å². The van der Waals surface area contributed by atoms with Crippen LogP contribution in [0.3, 0.4) is 0 Å². The fourth-order valence-corrected chi connectivity index (χ4v) is 1.37. The Labute approximate surface area is 95.9 Å². The summed E-state index contributed by atoms with van der Waals surface area (Å²) in [5, 5.41) is 12.5. The lowest BCUT2D eigenvalue weighted by atomic mass is 10.2. The van der Waals surface area contributed by atoms with Crippen LogP contribution in [-0.2, 0) is 0 Å². The van der Waals surface area contributed by atoms with E-state index in [0.29, 0.717) is 18.4 Å². The minimum atomic E-state index is -0.361. The van der Waals surface area contributed by atoms with Gasteiger partial charge in [-0.05, 0) is 13.3 Å². The smallest absolute Gasteiger partial charge is 0.226 e. The molecule has 1 aromatic heterocycles. The first-order valence-electron chi connectivity index (χ1n) is 5.47. The van der Waals surface area contributed by atoms with Crippen molar-refractivity contribution in [1.82, 2.24) is 9.97 Å². The summed E-state index contributed by atoms with van der Waals surface area (Å²) in [6, 6.07) is 1.76. The maximum Gasteiger partial charge on any atom is 0.226 e. The van der Waals surface area contributed by atoms with Crippen molar-refractivity contribution in [2.24, 2.45) is 0 Å². The Hall–Kier alpha value is -1.36. The van der Waals surface area contributed by atoms with E-state index < -0.39 is 0 Å². The third-order valence-corrected chi connectivity index (χ3v) is 2.16. The number of rotatable bonds is 6. The largest absolute Gasteiger partial charge is 0.481 e. The third-order valence-electron chi connectivity index (χ3n) is 2.16. The molecular weight excluding hydrogens is 206 g/mol. The molecule has 0 fully saturated rings. The lowest BCUT2D eigenvalue weighted by molar-refractivity contribution is 0.176. The molecule has 0 saturated carbocycles. The van der Waals surface area contributed by atoms with Gasteiger partial charge in [0.25, 0.3) is 0 Å². The molecule has 0 amide bonds. The van der Waals surface area contributed by atoms with E-state index in [4.69, 9.17) is 4.74 Å². The average molecular weight is 225 g/mol. The highest BCUT2D eigenvalue weighted by atomic mass is 16.5. The van der Waals surface area contributed by atoms with Crippen LogP contribution >= 0.6 is 0 Å². The number of aryl methyl sites for hydroxylation is 1.